The number of Topliss-reactive ketones (excluding diaryl/α,β-unsaturated/α-hetero) is 1. The number of fused-ring (bicyclic) bond motifs is 5. The van der Waals surface area contributed by atoms with Gasteiger partial charge in [0.1, 0.15) is 17.5 Å². The van der Waals surface area contributed by atoms with Gasteiger partial charge in [-0.25, -0.2) is 4.90 Å². The highest BCUT2D eigenvalue weighted by Gasteiger charge is 2.64. The Balaban J connectivity index is 1.62. The topological polar surface area (TPSA) is 76.1 Å². The van der Waals surface area contributed by atoms with Gasteiger partial charge in [-0.05, 0) is 43.3 Å². The molecule has 0 radical (unpaired) electrons. The van der Waals surface area contributed by atoms with E-state index in [0.717, 1.165) is 16.2 Å². The minimum atomic E-state index is -0.800. The van der Waals surface area contributed by atoms with Crippen LogP contribution in [-0.2, 0) is 14.4 Å². The molecule has 32 heavy (non-hydrogen) atoms. The van der Waals surface area contributed by atoms with Crippen LogP contribution in [0.2, 0.25) is 5.02 Å². The van der Waals surface area contributed by atoms with Crippen LogP contribution < -0.4 is 19.3 Å². The van der Waals surface area contributed by atoms with E-state index in [2.05, 4.69) is 0 Å². The quantitative estimate of drug-likeness (QED) is 0.662. The lowest BCUT2D eigenvalue weighted by molar-refractivity contribution is -0.126. The molecular weight excluding hydrogens is 432 g/mol. The van der Waals surface area contributed by atoms with Crippen molar-refractivity contribution in [3.8, 4) is 11.5 Å². The molecule has 0 aromatic heterocycles. The van der Waals surface area contributed by atoms with Gasteiger partial charge in [0.25, 0.3) is 0 Å². The third kappa shape index (κ3) is 2.77. The third-order valence-electron chi connectivity index (χ3n) is 6.51. The zero-order valence-corrected chi connectivity index (χ0v) is 18.5. The Morgan fingerprint density at radius 2 is 1.72 bits per heavy atom. The largest absolute Gasteiger partial charge is 0.497 e. The van der Waals surface area contributed by atoms with Crippen LogP contribution in [-0.4, -0.2) is 43.9 Å². The average Bonchev–Trinajstić information content (AvgIpc) is 3.26. The summed E-state index contributed by atoms with van der Waals surface area (Å²) in [5, 5.41) is 0.378. The molecule has 0 spiro atoms. The molecule has 2 aromatic carbocycles. The van der Waals surface area contributed by atoms with E-state index in [9.17, 15) is 14.4 Å². The summed E-state index contributed by atoms with van der Waals surface area (Å²) in [4.78, 5) is 43.1. The number of hydrogen-bond acceptors (Lipinski definition) is 6. The molecule has 2 amide bonds. The van der Waals surface area contributed by atoms with Crippen LogP contribution in [0, 0.1) is 11.8 Å². The molecule has 5 rings (SSSR count). The van der Waals surface area contributed by atoms with Crippen LogP contribution >= 0.6 is 11.6 Å². The molecule has 8 heteroatoms. The molecule has 0 bridgehead atoms. The van der Waals surface area contributed by atoms with Crippen LogP contribution in [0.3, 0.4) is 0 Å². The van der Waals surface area contributed by atoms with Crippen molar-refractivity contribution in [2.45, 2.75) is 19.0 Å². The number of nitrogens with zero attached hydrogens (tertiary/aromatic N) is 2. The van der Waals surface area contributed by atoms with E-state index in [1.807, 2.05) is 35.3 Å². The lowest BCUT2D eigenvalue weighted by atomic mass is 9.88. The number of anilines is 2. The molecule has 2 fully saturated rings. The second-order valence-electron chi connectivity index (χ2n) is 8.12. The summed E-state index contributed by atoms with van der Waals surface area (Å²) in [6, 6.07) is 9.17. The van der Waals surface area contributed by atoms with Gasteiger partial charge in [0.05, 0.1) is 37.8 Å². The first kappa shape index (κ1) is 20.6. The number of rotatable bonds is 4. The summed E-state index contributed by atoms with van der Waals surface area (Å²) in [6.45, 7) is 1.46. The summed E-state index contributed by atoms with van der Waals surface area (Å²) < 4.78 is 10.7. The molecule has 3 heterocycles. The Bertz CT molecular complexity index is 1190. The van der Waals surface area contributed by atoms with Crippen molar-refractivity contribution in [2.24, 2.45) is 11.8 Å². The molecule has 164 valence electrons. The lowest BCUT2D eigenvalue weighted by Crippen LogP contribution is -2.48. The van der Waals surface area contributed by atoms with Gasteiger partial charge < -0.3 is 14.4 Å². The molecule has 3 aliphatic rings. The standard InChI is InChI=1S/C24H21ClN2O5/c1-12(28)22-21-20(17-7-4-13-10-15(31-2)6-8-16(13)26(17)22)23(29)27(24(21)30)18-11-14(25)5-9-19(18)32-3/h4-11,17,20-22H,1-3H3/t17-,20-,21+,22-/m1/s1. The molecule has 2 aromatic rings. The number of ketones is 1. The highest BCUT2D eigenvalue weighted by Crippen LogP contribution is 2.50. The second-order valence-corrected chi connectivity index (χ2v) is 8.55. The number of amides is 2. The Kier molecular flexibility index (Phi) is 4.74. The van der Waals surface area contributed by atoms with E-state index < -0.39 is 29.8 Å². The van der Waals surface area contributed by atoms with Crippen molar-refractivity contribution in [3.63, 3.8) is 0 Å². The Labute approximate surface area is 190 Å². The number of carbonyl (C=O) groups is 3. The van der Waals surface area contributed by atoms with Crippen molar-refractivity contribution < 1.29 is 23.9 Å². The maximum absolute atomic E-state index is 13.6. The Morgan fingerprint density at radius 1 is 0.969 bits per heavy atom. The van der Waals surface area contributed by atoms with Gasteiger partial charge in [0.2, 0.25) is 11.8 Å². The lowest BCUT2D eigenvalue weighted by Gasteiger charge is -2.36. The molecule has 0 saturated carbocycles. The zero-order chi connectivity index (χ0) is 22.7. The summed E-state index contributed by atoms with van der Waals surface area (Å²) in [6.07, 6.45) is 3.81. The SMILES string of the molecule is COc1ccc2c(c1)C=C[C@@H]1[C@H]3C(=O)N(c4cc(Cl)ccc4OC)C(=O)[C@@H]3[C@@H](C(C)=O)N21. The first-order chi connectivity index (χ1) is 15.4. The first-order valence-electron chi connectivity index (χ1n) is 10.2. The summed E-state index contributed by atoms with van der Waals surface area (Å²) >= 11 is 6.15. The number of methoxy groups -OCH3 is 2. The molecule has 3 aliphatic heterocycles. The molecule has 0 aliphatic carbocycles. The van der Waals surface area contributed by atoms with Crippen LogP contribution in [0.5, 0.6) is 11.5 Å². The zero-order valence-electron chi connectivity index (χ0n) is 17.7. The van der Waals surface area contributed by atoms with Crippen molar-refractivity contribution >= 4 is 46.6 Å². The van der Waals surface area contributed by atoms with Gasteiger partial charge in [0, 0.05) is 16.3 Å². The van der Waals surface area contributed by atoms with Crippen molar-refractivity contribution in [3.05, 3.63) is 53.1 Å². The number of benzene rings is 2. The highest BCUT2D eigenvalue weighted by molar-refractivity contribution is 6.32. The van der Waals surface area contributed by atoms with Crippen LogP contribution in [0.1, 0.15) is 12.5 Å². The average molecular weight is 453 g/mol. The number of imide groups is 1. The maximum Gasteiger partial charge on any atom is 0.240 e. The monoisotopic (exact) mass is 452 g/mol. The summed E-state index contributed by atoms with van der Waals surface area (Å²) in [5.74, 6) is -1.38. The first-order valence-corrected chi connectivity index (χ1v) is 10.6. The van der Waals surface area contributed by atoms with Gasteiger partial charge in [-0.15, -0.1) is 0 Å². The second kappa shape index (κ2) is 7.38. The fraction of sp³-hybridized carbons (Fsp3) is 0.292. The molecule has 2 saturated heterocycles. The smallest absolute Gasteiger partial charge is 0.240 e. The molecule has 4 atom stereocenters. The van der Waals surface area contributed by atoms with Crippen LogP contribution in [0.15, 0.2) is 42.5 Å². The Hall–Kier alpha value is -3.32. The minimum Gasteiger partial charge on any atom is -0.497 e. The number of halogens is 1. The molecule has 7 nitrogen and oxygen atoms in total. The van der Waals surface area contributed by atoms with Gasteiger partial charge in [-0.3, -0.25) is 14.4 Å². The highest BCUT2D eigenvalue weighted by atomic mass is 35.5. The van der Waals surface area contributed by atoms with Gasteiger partial charge in [-0.1, -0.05) is 23.8 Å². The number of carbonyl (C=O) groups excluding carboxylic acids is 3. The molecule has 0 unspecified atom stereocenters. The number of ether oxygens (including phenoxy) is 2. The predicted octanol–water partition coefficient (Wildman–Crippen LogP) is 3.34. The number of hydrogen-bond donors (Lipinski definition) is 0. The fourth-order valence-electron chi connectivity index (χ4n) is 5.21. The van der Waals surface area contributed by atoms with Crippen LogP contribution in [0.4, 0.5) is 11.4 Å². The van der Waals surface area contributed by atoms with E-state index in [1.165, 1.54) is 20.1 Å². The predicted molar refractivity (Wildman–Crippen MR) is 120 cm³/mol. The summed E-state index contributed by atoms with van der Waals surface area (Å²) in [7, 11) is 3.06. The van der Waals surface area contributed by atoms with Gasteiger partial charge in [-0.2, -0.15) is 0 Å². The normalized spacial score (nSPS) is 25.5. The van der Waals surface area contributed by atoms with Crippen molar-refractivity contribution in [1.82, 2.24) is 0 Å². The van der Waals surface area contributed by atoms with Crippen LogP contribution in [0.25, 0.3) is 6.08 Å². The van der Waals surface area contributed by atoms with E-state index in [-0.39, 0.29) is 11.7 Å². The minimum absolute atomic E-state index is 0.166. The maximum atomic E-state index is 13.6. The molecular formula is C24H21ClN2O5. The van der Waals surface area contributed by atoms with E-state index >= 15 is 0 Å². The Morgan fingerprint density at radius 3 is 2.41 bits per heavy atom. The van der Waals surface area contributed by atoms with Crippen molar-refractivity contribution in [1.29, 1.82) is 0 Å². The van der Waals surface area contributed by atoms with E-state index in [4.69, 9.17) is 21.1 Å². The third-order valence-corrected chi connectivity index (χ3v) is 6.75. The van der Waals surface area contributed by atoms with Gasteiger partial charge >= 0.3 is 0 Å². The summed E-state index contributed by atoms with van der Waals surface area (Å²) in [5.41, 5.74) is 1.98. The van der Waals surface area contributed by atoms with Gasteiger partial charge in [0.15, 0.2) is 5.78 Å². The van der Waals surface area contributed by atoms with E-state index in [0.29, 0.717) is 22.2 Å². The van der Waals surface area contributed by atoms with E-state index in [1.54, 1.807) is 19.2 Å². The molecule has 0 N–H and O–H groups in total. The fourth-order valence-corrected chi connectivity index (χ4v) is 5.38. The van der Waals surface area contributed by atoms with Crippen molar-refractivity contribution in [2.75, 3.05) is 24.0 Å².